The summed E-state index contributed by atoms with van der Waals surface area (Å²) in [5.74, 6) is 0.00446. The van der Waals surface area contributed by atoms with Crippen LogP contribution in [0.1, 0.15) is 34.6 Å². The number of rotatable bonds is 6. The number of carbonyl (C=O) groups excluding carboxylic acids is 1. The molecule has 0 spiro atoms. The summed E-state index contributed by atoms with van der Waals surface area (Å²) in [7, 11) is 5.52. The molecular weight excluding hydrogens is 318 g/mol. The molecule has 1 fully saturated rings. The molecule has 7 nitrogen and oxygen atoms in total. The molecule has 0 saturated carbocycles. The molecule has 1 saturated heterocycles. The monoisotopic (exact) mass is 349 g/mol. The quantitative estimate of drug-likeness (QED) is 0.748. The zero-order chi connectivity index (χ0) is 17.8. The van der Waals surface area contributed by atoms with Crippen molar-refractivity contribution in [1.29, 1.82) is 0 Å². The van der Waals surface area contributed by atoms with E-state index in [0.717, 1.165) is 70.6 Å². The minimum absolute atomic E-state index is 0.00446. The van der Waals surface area contributed by atoms with Gasteiger partial charge in [-0.2, -0.15) is 5.10 Å². The lowest BCUT2D eigenvalue weighted by Gasteiger charge is -2.28. The predicted molar refractivity (Wildman–Crippen MR) is 96.9 cm³/mol. The summed E-state index contributed by atoms with van der Waals surface area (Å²) in [5.41, 5.74) is 2.98. The maximum atomic E-state index is 12.4. The SMILES string of the molecule is CN(C)C(=O)c1nn(C)c2c1CC(NCCCN1CCOCC1)CC2. The topological polar surface area (TPSA) is 62.6 Å². The van der Waals surface area contributed by atoms with E-state index in [2.05, 4.69) is 15.3 Å². The molecule has 1 N–H and O–H groups in total. The second kappa shape index (κ2) is 8.29. The molecule has 25 heavy (non-hydrogen) atoms. The lowest BCUT2D eigenvalue weighted by atomic mass is 9.91. The van der Waals surface area contributed by atoms with Crippen molar-refractivity contribution in [3.63, 3.8) is 0 Å². The molecule has 0 bridgehead atoms. The summed E-state index contributed by atoms with van der Waals surface area (Å²) in [4.78, 5) is 16.5. The molecule has 140 valence electrons. The van der Waals surface area contributed by atoms with E-state index in [-0.39, 0.29) is 5.91 Å². The Bertz CT molecular complexity index is 593. The fourth-order valence-corrected chi connectivity index (χ4v) is 3.78. The molecule has 0 aromatic carbocycles. The summed E-state index contributed by atoms with van der Waals surface area (Å²) in [6, 6.07) is 0.440. The van der Waals surface area contributed by atoms with Gasteiger partial charge in [-0.05, 0) is 38.8 Å². The zero-order valence-corrected chi connectivity index (χ0v) is 15.8. The Balaban J connectivity index is 1.51. The molecule has 1 aromatic rings. The largest absolute Gasteiger partial charge is 0.379 e. The Morgan fingerprint density at radius 2 is 2.12 bits per heavy atom. The molecule has 1 aliphatic heterocycles. The third kappa shape index (κ3) is 4.40. The summed E-state index contributed by atoms with van der Waals surface area (Å²) in [6.45, 7) is 5.99. The van der Waals surface area contributed by atoms with Crippen LogP contribution >= 0.6 is 0 Å². The van der Waals surface area contributed by atoms with Crippen molar-refractivity contribution in [1.82, 2.24) is 24.9 Å². The van der Waals surface area contributed by atoms with Crippen LogP contribution < -0.4 is 5.32 Å². The van der Waals surface area contributed by atoms with Gasteiger partial charge in [0.05, 0.1) is 13.2 Å². The van der Waals surface area contributed by atoms with E-state index in [1.807, 2.05) is 11.7 Å². The first-order valence-electron chi connectivity index (χ1n) is 9.36. The number of nitrogens with one attached hydrogen (secondary N) is 1. The number of hydrogen-bond acceptors (Lipinski definition) is 5. The molecule has 1 aromatic heterocycles. The lowest BCUT2D eigenvalue weighted by Crippen LogP contribution is -2.40. The number of ether oxygens (including phenoxy) is 1. The molecule has 1 aliphatic carbocycles. The van der Waals surface area contributed by atoms with E-state index in [1.165, 1.54) is 5.69 Å². The van der Waals surface area contributed by atoms with E-state index >= 15 is 0 Å². The van der Waals surface area contributed by atoms with Gasteiger partial charge in [-0.1, -0.05) is 0 Å². The number of morpholine rings is 1. The van der Waals surface area contributed by atoms with Gasteiger partial charge in [-0.3, -0.25) is 14.4 Å². The average molecular weight is 349 g/mol. The van der Waals surface area contributed by atoms with Crippen LogP contribution in [-0.2, 0) is 24.6 Å². The van der Waals surface area contributed by atoms with Gasteiger partial charge >= 0.3 is 0 Å². The molecule has 3 rings (SSSR count). The molecule has 1 unspecified atom stereocenters. The maximum Gasteiger partial charge on any atom is 0.274 e. The highest BCUT2D eigenvalue weighted by molar-refractivity contribution is 5.93. The van der Waals surface area contributed by atoms with Gasteiger partial charge in [0.15, 0.2) is 5.69 Å². The van der Waals surface area contributed by atoms with Gasteiger partial charge in [0, 0.05) is 51.5 Å². The zero-order valence-electron chi connectivity index (χ0n) is 15.8. The number of nitrogens with zero attached hydrogens (tertiary/aromatic N) is 4. The summed E-state index contributed by atoms with van der Waals surface area (Å²) in [6.07, 6.45) is 4.15. The first-order chi connectivity index (χ1) is 12.1. The second-order valence-electron chi connectivity index (χ2n) is 7.30. The summed E-state index contributed by atoms with van der Waals surface area (Å²) >= 11 is 0. The van der Waals surface area contributed by atoms with Gasteiger partial charge < -0.3 is 15.0 Å². The Morgan fingerprint density at radius 1 is 1.36 bits per heavy atom. The number of aryl methyl sites for hydroxylation is 1. The Kier molecular flexibility index (Phi) is 6.09. The van der Waals surface area contributed by atoms with E-state index in [9.17, 15) is 4.79 Å². The third-order valence-electron chi connectivity index (χ3n) is 5.25. The number of amides is 1. The van der Waals surface area contributed by atoms with Crippen molar-refractivity contribution in [2.75, 3.05) is 53.5 Å². The van der Waals surface area contributed by atoms with Crippen LogP contribution in [0.25, 0.3) is 0 Å². The highest BCUT2D eigenvalue weighted by atomic mass is 16.5. The molecule has 7 heteroatoms. The number of aromatic nitrogens is 2. The van der Waals surface area contributed by atoms with Crippen molar-refractivity contribution in [2.45, 2.75) is 31.7 Å². The molecule has 2 aliphatic rings. The molecule has 1 atom stereocenters. The standard InChI is InChI=1S/C18H31N5O2/c1-21(2)18(24)17-15-13-14(5-6-16(15)22(3)20-17)19-7-4-8-23-9-11-25-12-10-23/h14,19H,4-13H2,1-3H3. The minimum Gasteiger partial charge on any atom is -0.379 e. The van der Waals surface area contributed by atoms with Crippen LogP contribution in [0.5, 0.6) is 0 Å². The molecule has 1 amide bonds. The van der Waals surface area contributed by atoms with Crippen molar-refractivity contribution in [2.24, 2.45) is 7.05 Å². The van der Waals surface area contributed by atoms with E-state index in [1.54, 1.807) is 19.0 Å². The lowest BCUT2D eigenvalue weighted by molar-refractivity contribution is 0.0373. The van der Waals surface area contributed by atoms with Crippen LogP contribution in [0, 0.1) is 0 Å². The van der Waals surface area contributed by atoms with Gasteiger partial charge in [0.2, 0.25) is 0 Å². The fourth-order valence-electron chi connectivity index (χ4n) is 3.78. The summed E-state index contributed by atoms with van der Waals surface area (Å²) in [5, 5.41) is 8.17. The Labute approximate surface area is 150 Å². The van der Waals surface area contributed by atoms with Crippen LogP contribution in [0.4, 0.5) is 0 Å². The normalized spacial score (nSPS) is 21.2. The second-order valence-corrected chi connectivity index (χ2v) is 7.30. The molecular formula is C18H31N5O2. The highest BCUT2D eigenvalue weighted by Crippen LogP contribution is 2.25. The van der Waals surface area contributed by atoms with Gasteiger partial charge in [-0.25, -0.2) is 0 Å². The van der Waals surface area contributed by atoms with E-state index in [0.29, 0.717) is 11.7 Å². The van der Waals surface area contributed by atoms with Crippen molar-refractivity contribution in [3.05, 3.63) is 17.0 Å². The number of hydrogen-bond donors (Lipinski definition) is 1. The molecule has 0 radical (unpaired) electrons. The van der Waals surface area contributed by atoms with Crippen LogP contribution in [-0.4, -0.2) is 85.0 Å². The van der Waals surface area contributed by atoms with Crippen LogP contribution in [0.3, 0.4) is 0 Å². The molecule has 2 heterocycles. The van der Waals surface area contributed by atoms with Crippen molar-refractivity contribution >= 4 is 5.91 Å². The summed E-state index contributed by atoms with van der Waals surface area (Å²) < 4.78 is 7.28. The Morgan fingerprint density at radius 3 is 2.84 bits per heavy atom. The number of carbonyl (C=O) groups is 1. The first kappa shape index (κ1) is 18.4. The van der Waals surface area contributed by atoms with Gasteiger partial charge in [0.1, 0.15) is 0 Å². The predicted octanol–water partition coefficient (Wildman–Crippen LogP) is 0.291. The third-order valence-corrected chi connectivity index (χ3v) is 5.25. The van der Waals surface area contributed by atoms with Crippen LogP contribution in [0.15, 0.2) is 0 Å². The minimum atomic E-state index is 0.00446. The average Bonchev–Trinajstić information content (AvgIpc) is 2.95. The van der Waals surface area contributed by atoms with Crippen LogP contribution in [0.2, 0.25) is 0 Å². The van der Waals surface area contributed by atoms with Crippen molar-refractivity contribution in [3.8, 4) is 0 Å². The first-order valence-corrected chi connectivity index (χ1v) is 9.36. The van der Waals surface area contributed by atoms with E-state index < -0.39 is 0 Å². The van der Waals surface area contributed by atoms with E-state index in [4.69, 9.17) is 4.74 Å². The highest BCUT2D eigenvalue weighted by Gasteiger charge is 2.28. The Hall–Kier alpha value is -1.44. The number of fused-ring (bicyclic) bond motifs is 1. The maximum absolute atomic E-state index is 12.4. The van der Waals surface area contributed by atoms with Gasteiger partial charge in [0.25, 0.3) is 5.91 Å². The fraction of sp³-hybridized carbons (Fsp3) is 0.778. The van der Waals surface area contributed by atoms with Gasteiger partial charge in [-0.15, -0.1) is 0 Å². The van der Waals surface area contributed by atoms with Crippen molar-refractivity contribution < 1.29 is 9.53 Å². The smallest absolute Gasteiger partial charge is 0.274 e.